The molecule has 0 aliphatic rings. The summed E-state index contributed by atoms with van der Waals surface area (Å²) in [6.07, 6.45) is 2.00. The lowest BCUT2D eigenvalue weighted by molar-refractivity contribution is 0.0512. The van der Waals surface area contributed by atoms with Crippen LogP contribution >= 0.6 is 22.6 Å². The van der Waals surface area contributed by atoms with Gasteiger partial charge in [-0.1, -0.05) is 6.08 Å². The van der Waals surface area contributed by atoms with Crippen molar-refractivity contribution in [1.82, 2.24) is 4.98 Å². The summed E-state index contributed by atoms with van der Waals surface area (Å²) in [5.41, 5.74) is -0.589. The monoisotopic (exact) mass is 320 g/mol. The number of hydrogen-bond donors (Lipinski definition) is 0. The van der Waals surface area contributed by atoms with Crippen LogP contribution < -0.4 is 0 Å². The van der Waals surface area contributed by atoms with Crippen LogP contribution in [0.4, 0.5) is 8.78 Å². The number of aromatic nitrogens is 1. The lowest BCUT2D eigenvalue weighted by atomic mass is 10.1. The fraction of sp³-hybridized carbons (Fsp3) is 0.200. The average molecular weight is 320 g/mol. The number of alkyl halides is 2. The summed E-state index contributed by atoms with van der Waals surface area (Å²) < 4.78 is 27.4. The number of hydrogen-bond acceptors (Lipinski definition) is 2. The Morgan fingerprint density at radius 3 is 2.73 bits per heavy atom. The molecule has 0 bridgehead atoms. The van der Waals surface area contributed by atoms with Crippen LogP contribution in [-0.2, 0) is 5.92 Å². The first kappa shape index (κ1) is 12.0. The highest BCUT2D eigenvalue weighted by Gasteiger charge is 2.31. The average Bonchev–Trinajstić information content (AvgIpc) is 2.17. The summed E-state index contributed by atoms with van der Waals surface area (Å²) in [7, 11) is 0. The highest BCUT2D eigenvalue weighted by atomic mass is 127. The van der Waals surface area contributed by atoms with E-state index in [4.69, 9.17) is 5.26 Å². The third-order valence-corrected chi connectivity index (χ3v) is 2.30. The summed E-state index contributed by atoms with van der Waals surface area (Å²) in [5.74, 6) is -3.14. The molecule has 5 heteroatoms. The molecule has 0 amide bonds. The highest BCUT2D eigenvalue weighted by molar-refractivity contribution is 14.1. The van der Waals surface area contributed by atoms with Gasteiger partial charge in [0.2, 0.25) is 0 Å². The normalized spacial score (nSPS) is 11.7. The van der Waals surface area contributed by atoms with Gasteiger partial charge in [0.05, 0.1) is 5.56 Å². The van der Waals surface area contributed by atoms with Crippen LogP contribution in [0.25, 0.3) is 0 Å². The number of halogens is 3. The van der Waals surface area contributed by atoms with Crippen molar-refractivity contribution in [3.05, 3.63) is 39.2 Å². The molecule has 0 fully saturated rings. The Morgan fingerprint density at radius 1 is 1.53 bits per heavy atom. The van der Waals surface area contributed by atoms with Crippen LogP contribution in [0.15, 0.2) is 24.3 Å². The number of pyridine rings is 1. The first-order valence-corrected chi connectivity index (χ1v) is 5.18. The lowest BCUT2D eigenvalue weighted by Crippen LogP contribution is -2.13. The number of rotatable bonds is 2. The van der Waals surface area contributed by atoms with Crippen LogP contribution in [0.2, 0.25) is 0 Å². The van der Waals surface area contributed by atoms with E-state index in [-0.39, 0.29) is 11.3 Å². The minimum Gasteiger partial charge on any atom is -0.231 e. The highest BCUT2D eigenvalue weighted by Crippen LogP contribution is 2.31. The zero-order chi connectivity index (χ0) is 11.5. The fourth-order valence-electron chi connectivity index (χ4n) is 1.09. The quantitative estimate of drug-likeness (QED) is 0.477. The van der Waals surface area contributed by atoms with Crippen molar-refractivity contribution < 1.29 is 8.78 Å². The Bertz CT molecular complexity index is 436. The van der Waals surface area contributed by atoms with Crippen molar-refractivity contribution in [2.24, 2.45) is 0 Å². The van der Waals surface area contributed by atoms with Crippen molar-refractivity contribution in [1.29, 1.82) is 5.26 Å². The van der Waals surface area contributed by atoms with E-state index in [2.05, 4.69) is 4.98 Å². The third kappa shape index (κ3) is 2.72. The minimum atomic E-state index is -3.14. The van der Waals surface area contributed by atoms with Gasteiger partial charge in [-0.3, -0.25) is 0 Å². The zero-order valence-corrected chi connectivity index (χ0v) is 10.00. The molecule has 1 heterocycles. The second kappa shape index (κ2) is 4.66. The van der Waals surface area contributed by atoms with E-state index >= 15 is 0 Å². The largest absolute Gasteiger partial charge is 0.294 e. The molecule has 0 N–H and O–H groups in total. The predicted octanol–water partition coefficient (Wildman–Crippen LogP) is 3.23. The van der Waals surface area contributed by atoms with Crippen molar-refractivity contribution in [2.75, 3.05) is 0 Å². The topological polar surface area (TPSA) is 36.7 Å². The summed E-state index contributed by atoms with van der Waals surface area (Å²) in [5, 5.41) is 8.70. The molecule has 78 valence electrons. The maximum Gasteiger partial charge on any atom is 0.294 e. The molecule has 1 aromatic rings. The van der Waals surface area contributed by atoms with Gasteiger partial charge in [-0.25, -0.2) is 4.98 Å². The molecule has 0 unspecified atom stereocenters. The molecule has 2 nitrogen and oxygen atoms in total. The molecule has 0 aromatic carbocycles. The first-order chi connectivity index (χ1) is 7.01. The molecule has 15 heavy (non-hydrogen) atoms. The van der Waals surface area contributed by atoms with Crippen LogP contribution in [0.5, 0.6) is 0 Å². The Balaban J connectivity index is 3.32. The van der Waals surface area contributed by atoms with E-state index in [1.54, 1.807) is 6.07 Å². The van der Waals surface area contributed by atoms with Gasteiger partial charge < -0.3 is 0 Å². The van der Waals surface area contributed by atoms with E-state index in [0.29, 0.717) is 3.70 Å². The predicted molar refractivity (Wildman–Crippen MR) is 60.4 cm³/mol. The van der Waals surface area contributed by atoms with E-state index in [0.717, 1.165) is 6.08 Å². The van der Waals surface area contributed by atoms with Crippen molar-refractivity contribution in [3.63, 3.8) is 0 Å². The van der Waals surface area contributed by atoms with Crippen LogP contribution in [0, 0.1) is 15.0 Å². The molecular weight excluding hydrogens is 313 g/mol. The number of allylic oxidation sites excluding steroid dienone is 2. The molecular formula is C10H7F2IN2. The van der Waals surface area contributed by atoms with E-state index in [1.165, 1.54) is 25.1 Å². The molecule has 0 aliphatic heterocycles. The van der Waals surface area contributed by atoms with Crippen molar-refractivity contribution in [2.45, 2.75) is 12.8 Å². The van der Waals surface area contributed by atoms with E-state index < -0.39 is 5.92 Å². The van der Waals surface area contributed by atoms with Gasteiger partial charge >= 0.3 is 0 Å². The Kier molecular flexibility index (Phi) is 3.74. The van der Waals surface area contributed by atoms with Gasteiger partial charge in [0.25, 0.3) is 5.92 Å². The maximum absolute atomic E-state index is 13.5. The van der Waals surface area contributed by atoms with Gasteiger partial charge in [0, 0.05) is 0 Å². The van der Waals surface area contributed by atoms with Gasteiger partial charge in [-0.15, -0.1) is 0 Å². The maximum atomic E-state index is 13.5. The van der Waals surface area contributed by atoms with Crippen LogP contribution in [-0.4, -0.2) is 4.98 Å². The van der Waals surface area contributed by atoms with Gasteiger partial charge in [-0.05, 0) is 47.7 Å². The number of nitrogens with zero attached hydrogens (tertiary/aromatic N) is 2. The zero-order valence-electron chi connectivity index (χ0n) is 7.84. The smallest absolute Gasteiger partial charge is 0.231 e. The molecule has 0 spiro atoms. The third-order valence-electron chi connectivity index (χ3n) is 1.70. The lowest BCUT2D eigenvalue weighted by Gasteiger charge is -2.12. The van der Waals surface area contributed by atoms with Crippen LogP contribution in [0.1, 0.15) is 18.2 Å². The van der Waals surface area contributed by atoms with Gasteiger partial charge in [0.15, 0.2) is 5.69 Å². The summed E-state index contributed by atoms with van der Waals surface area (Å²) in [6, 6.07) is 4.35. The summed E-state index contributed by atoms with van der Waals surface area (Å²) in [4.78, 5) is 3.75. The minimum absolute atomic E-state index is 0.231. The van der Waals surface area contributed by atoms with Crippen molar-refractivity contribution in [3.8, 4) is 6.07 Å². The standard InChI is InChI=1S/C10H7F2IN2/c1-2-5-10(11,12)7-3-4-9(13)15-8(7)6-14/h2-5H,1H3/b5-2+. The molecule has 1 rings (SSSR count). The molecule has 1 aromatic heterocycles. The molecule has 0 saturated heterocycles. The van der Waals surface area contributed by atoms with E-state index in [9.17, 15) is 8.78 Å². The Hall–Kier alpha value is -1.03. The summed E-state index contributed by atoms with van der Waals surface area (Å²) in [6.45, 7) is 1.50. The van der Waals surface area contributed by atoms with Gasteiger partial charge in [0.1, 0.15) is 9.77 Å². The molecule has 0 aliphatic carbocycles. The molecule has 0 saturated carbocycles. The Morgan fingerprint density at radius 2 is 2.20 bits per heavy atom. The van der Waals surface area contributed by atoms with Gasteiger partial charge in [-0.2, -0.15) is 14.0 Å². The summed E-state index contributed by atoms with van der Waals surface area (Å²) >= 11 is 1.87. The second-order valence-electron chi connectivity index (χ2n) is 2.76. The first-order valence-electron chi connectivity index (χ1n) is 4.10. The van der Waals surface area contributed by atoms with Crippen molar-refractivity contribution >= 4 is 22.6 Å². The van der Waals surface area contributed by atoms with Crippen LogP contribution in [0.3, 0.4) is 0 Å². The SMILES string of the molecule is C/C=C/C(F)(F)c1ccc(I)nc1C#N. The Labute approximate surface area is 99.8 Å². The second-order valence-corrected chi connectivity index (χ2v) is 3.87. The fourth-order valence-corrected chi connectivity index (χ4v) is 1.51. The van der Waals surface area contributed by atoms with E-state index in [1.807, 2.05) is 22.6 Å². The molecule has 0 atom stereocenters. The number of nitriles is 1. The molecule has 0 radical (unpaired) electrons.